The molecule has 9 heteroatoms. The van der Waals surface area contributed by atoms with Gasteiger partial charge in [-0.05, 0) is 0 Å². The van der Waals surface area contributed by atoms with Crippen LogP contribution < -0.4 is 0 Å². The molecule has 9 nitrogen and oxygen atoms in total. The number of ether oxygens (including phenoxy) is 7. The maximum atomic E-state index is 8.09. The monoisotopic (exact) mass is 374 g/mol. The van der Waals surface area contributed by atoms with Crippen LogP contribution in [0, 0.1) is 0 Å². The van der Waals surface area contributed by atoms with Crippen molar-refractivity contribution in [1.29, 1.82) is 0 Å². The van der Waals surface area contributed by atoms with Gasteiger partial charge in [0.25, 0.3) is 0 Å². The molecule has 0 amide bonds. The molecule has 0 spiro atoms. The fourth-order valence-electron chi connectivity index (χ4n) is 1.00. The molecular weight excluding hydrogens is 336 g/mol. The highest BCUT2D eigenvalue weighted by molar-refractivity contribution is 4.28. The molecule has 0 aliphatic rings. The normalized spacial score (nSPS) is 9.84. The SMILES string of the molecule is COCCOCCOC.COCCOCCOC.OCCOCCO. The highest BCUT2D eigenvalue weighted by Crippen LogP contribution is 1.76. The molecule has 2 N–H and O–H groups in total. The first kappa shape index (κ1) is 29.4. The zero-order chi connectivity index (χ0) is 19.4. The number of hydrogen-bond donors (Lipinski definition) is 2. The number of rotatable bonds is 16. The van der Waals surface area contributed by atoms with E-state index in [0.29, 0.717) is 66.1 Å². The summed E-state index contributed by atoms with van der Waals surface area (Å²) in [5, 5.41) is 16.2. The third-order valence-electron chi connectivity index (χ3n) is 2.20. The second-order valence-corrected chi connectivity index (χ2v) is 4.26. The van der Waals surface area contributed by atoms with Crippen LogP contribution in [0.4, 0.5) is 0 Å². The largest absolute Gasteiger partial charge is 0.394 e. The van der Waals surface area contributed by atoms with Gasteiger partial charge in [0.2, 0.25) is 0 Å². The average Bonchev–Trinajstić information content (AvgIpc) is 2.63. The Bertz CT molecular complexity index is 155. The minimum Gasteiger partial charge on any atom is -0.394 e. The Hall–Kier alpha value is -0.360. The summed E-state index contributed by atoms with van der Waals surface area (Å²) in [5.74, 6) is 0. The van der Waals surface area contributed by atoms with Crippen LogP contribution in [0.25, 0.3) is 0 Å². The third kappa shape index (κ3) is 45.3. The van der Waals surface area contributed by atoms with Crippen LogP contribution in [-0.4, -0.2) is 118 Å². The highest BCUT2D eigenvalue weighted by atomic mass is 16.5. The second kappa shape index (κ2) is 34.9. The van der Waals surface area contributed by atoms with Gasteiger partial charge >= 0.3 is 0 Å². The number of aliphatic hydroxyl groups excluding tert-OH is 2. The van der Waals surface area contributed by atoms with Crippen LogP contribution in [0.5, 0.6) is 0 Å². The maximum absolute atomic E-state index is 8.09. The Morgan fingerprint density at radius 3 is 0.840 bits per heavy atom. The van der Waals surface area contributed by atoms with Gasteiger partial charge in [0.1, 0.15) is 0 Å². The van der Waals surface area contributed by atoms with Crippen LogP contribution in [0.1, 0.15) is 0 Å². The summed E-state index contributed by atoms with van der Waals surface area (Å²) >= 11 is 0. The Balaban J connectivity index is -0.000000293. The first-order valence-corrected chi connectivity index (χ1v) is 8.15. The summed E-state index contributed by atoms with van der Waals surface area (Å²) in [6.07, 6.45) is 0. The van der Waals surface area contributed by atoms with Gasteiger partial charge < -0.3 is 43.4 Å². The Labute approximate surface area is 152 Å². The first-order valence-electron chi connectivity index (χ1n) is 8.15. The fraction of sp³-hybridized carbons (Fsp3) is 1.00. The van der Waals surface area contributed by atoms with E-state index in [-0.39, 0.29) is 13.2 Å². The minimum atomic E-state index is 0.0278. The van der Waals surface area contributed by atoms with Gasteiger partial charge in [-0.2, -0.15) is 0 Å². The zero-order valence-corrected chi connectivity index (χ0v) is 16.2. The van der Waals surface area contributed by atoms with Gasteiger partial charge in [0.05, 0.1) is 79.3 Å². The van der Waals surface area contributed by atoms with Gasteiger partial charge in [-0.3, -0.25) is 0 Å². The van der Waals surface area contributed by atoms with Crippen LogP contribution in [0.2, 0.25) is 0 Å². The van der Waals surface area contributed by atoms with E-state index in [4.69, 9.17) is 38.6 Å². The Morgan fingerprint density at radius 2 is 0.640 bits per heavy atom. The first-order chi connectivity index (χ1) is 12.2. The lowest BCUT2D eigenvalue weighted by atomic mass is 10.7. The number of aliphatic hydroxyl groups is 2. The molecule has 0 heterocycles. The lowest BCUT2D eigenvalue weighted by molar-refractivity contribution is 0.0385. The Kier molecular flexibility index (Phi) is 41.0. The lowest BCUT2D eigenvalue weighted by Gasteiger charge is -2.00. The van der Waals surface area contributed by atoms with E-state index in [9.17, 15) is 0 Å². The van der Waals surface area contributed by atoms with Crippen molar-refractivity contribution in [3.8, 4) is 0 Å². The smallest absolute Gasteiger partial charge is 0.0701 e. The average molecular weight is 374 g/mol. The van der Waals surface area contributed by atoms with Gasteiger partial charge in [0, 0.05) is 28.4 Å². The van der Waals surface area contributed by atoms with Crippen molar-refractivity contribution < 1.29 is 43.4 Å². The summed E-state index contributed by atoms with van der Waals surface area (Å²) in [6.45, 7) is 5.93. The summed E-state index contributed by atoms with van der Waals surface area (Å²) in [7, 11) is 6.61. The molecule has 0 aromatic rings. The summed E-state index contributed by atoms with van der Waals surface area (Å²) in [5.41, 5.74) is 0. The molecular formula is C16H38O9. The molecule has 0 bridgehead atoms. The van der Waals surface area contributed by atoms with Crippen molar-refractivity contribution in [2.45, 2.75) is 0 Å². The summed E-state index contributed by atoms with van der Waals surface area (Å²) in [4.78, 5) is 0. The lowest BCUT2D eigenvalue weighted by Crippen LogP contribution is -2.06. The second-order valence-electron chi connectivity index (χ2n) is 4.26. The molecule has 0 saturated carbocycles. The van der Waals surface area contributed by atoms with Gasteiger partial charge in [-0.25, -0.2) is 0 Å². The zero-order valence-electron chi connectivity index (χ0n) is 16.2. The summed E-state index contributed by atoms with van der Waals surface area (Å²) < 4.78 is 33.8. The molecule has 25 heavy (non-hydrogen) atoms. The van der Waals surface area contributed by atoms with E-state index in [1.165, 1.54) is 0 Å². The van der Waals surface area contributed by atoms with Crippen molar-refractivity contribution in [3.63, 3.8) is 0 Å². The van der Waals surface area contributed by atoms with Gasteiger partial charge in [0.15, 0.2) is 0 Å². The van der Waals surface area contributed by atoms with E-state index in [1.807, 2.05) is 0 Å². The molecule has 156 valence electrons. The predicted octanol–water partition coefficient (Wildman–Crippen LogP) is -0.421. The molecule has 0 saturated heterocycles. The van der Waals surface area contributed by atoms with Crippen LogP contribution in [0.3, 0.4) is 0 Å². The van der Waals surface area contributed by atoms with E-state index >= 15 is 0 Å². The van der Waals surface area contributed by atoms with Crippen molar-refractivity contribution in [3.05, 3.63) is 0 Å². The van der Waals surface area contributed by atoms with E-state index in [2.05, 4.69) is 4.74 Å². The summed E-state index contributed by atoms with van der Waals surface area (Å²) in [6, 6.07) is 0. The predicted molar refractivity (Wildman–Crippen MR) is 94.1 cm³/mol. The van der Waals surface area contributed by atoms with Crippen molar-refractivity contribution in [1.82, 2.24) is 0 Å². The molecule has 0 aliphatic carbocycles. The molecule has 0 aliphatic heterocycles. The van der Waals surface area contributed by atoms with E-state index < -0.39 is 0 Å². The quantitative estimate of drug-likeness (QED) is 0.348. The maximum Gasteiger partial charge on any atom is 0.0701 e. The topological polar surface area (TPSA) is 105 Å². The van der Waals surface area contributed by atoms with Gasteiger partial charge in [-0.1, -0.05) is 0 Å². The van der Waals surface area contributed by atoms with Crippen molar-refractivity contribution in [2.24, 2.45) is 0 Å². The molecule has 0 aromatic carbocycles. The molecule has 0 atom stereocenters. The molecule has 0 rings (SSSR count). The third-order valence-corrected chi connectivity index (χ3v) is 2.20. The van der Waals surface area contributed by atoms with Crippen LogP contribution in [0.15, 0.2) is 0 Å². The van der Waals surface area contributed by atoms with E-state index in [0.717, 1.165) is 0 Å². The Morgan fingerprint density at radius 1 is 0.400 bits per heavy atom. The highest BCUT2D eigenvalue weighted by Gasteiger charge is 1.85. The fourth-order valence-corrected chi connectivity index (χ4v) is 1.00. The molecule has 0 fully saturated rings. The number of methoxy groups -OCH3 is 4. The standard InChI is InChI=1S/2C6H14O3.C4H10O3/c2*1-7-3-5-9-6-4-8-2;5-1-3-7-4-2-6/h2*3-6H2,1-2H3;5-6H,1-4H2. The van der Waals surface area contributed by atoms with Gasteiger partial charge in [-0.15, -0.1) is 0 Å². The molecule has 0 unspecified atom stereocenters. The van der Waals surface area contributed by atoms with Crippen LogP contribution in [-0.2, 0) is 33.2 Å². The van der Waals surface area contributed by atoms with Crippen LogP contribution >= 0.6 is 0 Å². The van der Waals surface area contributed by atoms with Crippen molar-refractivity contribution >= 4 is 0 Å². The minimum absolute atomic E-state index is 0.0278. The van der Waals surface area contributed by atoms with Crippen molar-refractivity contribution in [2.75, 3.05) is 108 Å². The molecule has 0 radical (unpaired) electrons. The molecule has 0 aromatic heterocycles. The van der Waals surface area contributed by atoms with E-state index in [1.54, 1.807) is 28.4 Å². The number of hydrogen-bond acceptors (Lipinski definition) is 9.